The Morgan fingerprint density at radius 2 is 1.76 bits per heavy atom. The summed E-state index contributed by atoms with van der Waals surface area (Å²) in [5.74, 6) is 0.376. The molecule has 1 atom stereocenters. The Balaban J connectivity index is 1.75. The molecule has 172 valence electrons. The van der Waals surface area contributed by atoms with E-state index in [0.29, 0.717) is 28.9 Å². The fourth-order valence-corrected chi connectivity index (χ4v) is 4.06. The maximum Gasteiger partial charge on any atom is 0.271 e. The molecule has 1 N–H and O–H groups in total. The number of nitrogens with zero attached hydrogens (tertiary/aromatic N) is 2. The van der Waals surface area contributed by atoms with Crippen molar-refractivity contribution in [1.82, 2.24) is 9.78 Å². The van der Waals surface area contributed by atoms with Crippen LogP contribution in [0.1, 0.15) is 28.4 Å². The van der Waals surface area contributed by atoms with Gasteiger partial charge in [0.2, 0.25) is 0 Å². The van der Waals surface area contributed by atoms with Crippen LogP contribution in [0.2, 0.25) is 0 Å². The minimum atomic E-state index is -0.929. The second-order valence-electron chi connectivity index (χ2n) is 7.90. The van der Waals surface area contributed by atoms with Crippen LogP contribution in [0.5, 0.6) is 5.75 Å². The molecule has 34 heavy (non-hydrogen) atoms. The number of ether oxygens (including phenoxy) is 1. The average molecular weight is 518 g/mol. The van der Waals surface area contributed by atoms with Gasteiger partial charge in [0.15, 0.2) is 6.04 Å². The van der Waals surface area contributed by atoms with Crippen LogP contribution in [0, 0.1) is 6.92 Å². The van der Waals surface area contributed by atoms with Gasteiger partial charge in [-0.25, -0.2) is 4.68 Å². The number of anilines is 1. The van der Waals surface area contributed by atoms with Gasteiger partial charge in [-0.3, -0.25) is 9.59 Å². The van der Waals surface area contributed by atoms with E-state index < -0.39 is 6.04 Å². The van der Waals surface area contributed by atoms with Gasteiger partial charge in [0.1, 0.15) is 5.75 Å². The van der Waals surface area contributed by atoms with E-state index in [9.17, 15) is 9.59 Å². The molecule has 1 unspecified atom stereocenters. The Hall–Kier alpha value is -3.71. The standard InChI is InChI=1S/C27H24BrN3O3/c1-18-15-21(16-19-7-6-10-24(17-19)34-2)27(33)31(30-18)25(20-8-4-3-5-9-20)26(32)29-23-13-11-22(28)12-14-23/h3-15,17,25H,16H2,1-2H3,(H,29,32). The zero-order valence-corrected chi connectivity index (χ0v) is 20.5. The molecule has 7 heteroatoms. The number of aryl methyl sites for hydroxylation is 1. The number of benzene rings is 3. The Kier molecular flexibility index (Phi) is 7.23. The number of hydrogen-bond donors (Lipinski definition) is 1. The SMILES string of the molecule is COc1cccc(Cc2cc(C)nn(C(C(=O)Nc3ccc(Br)cc3)c3ccccc3)c2=O)c1. The molecule has 0 aliphatic rings. The molecule has 6 nitrogen and oxygen atoms in total. The minimum absolute atomic E-state index is 0.312. The first kappa shape index (κ1) is 23.4. The van der Waals surface area contributed by atoms with Crippen LogP contribution in [0.4, 0.5) is 5.69 Å². The fraction of sp³-hybridized carbons (Fsp3) is 0.148. The van der Waals surface area contributed by atoms with Gasteiger partial charge in [0, 0.05) is 22.1 Å². The van der Waals surface area contributed by atoms with Gasteiger partial charge in [-0.2, -0.15) is 5.10 Å². The van der Waals surface area contributed by atoms with E-state index in [4.69, 9.17) is 4.74 Å². The first-order chi connectivity index (χ1) is 16.4. The van der Waals surface area contributed by atoms with Crippen molar-refractivity contribution in [1.29, 1.82) is 0 Å². The average Bonchev–Trinajstić information content (AvgIpc) is 2.84. The van der Waals surface area contributed by atoms with E-state index in [1.807, 2.05) is 73.7 Å². The lowest BCUT2D eigenvalue weighted by molar-refractivity contribution is -0.118. The number of carbonyl (C=O) groups excluding carboxylic acids is 1. The molecule has 1 heterocycles. The van der Waals surface area contributed by atoms with Crippen molar-refractivity contribution in [3.05, 3.63) is 122 Å². The zero-order chi connectivity index (χ0) is 24.1. The third-order valence-corrected chi connectivity index (χ3v) is 5.91. The number of aromatic nitrogens is 2. The highest BCUT2D eigenvalue weighted by molar-refractivity contribution is 9.10. The summed E-state index contributed by atoms with van der Waals surface area (Å²) < 4.78 is 7.50. The van der Waals surface area contributed by atoms with Crippen molar-refractivity contribution >= 4 is 27.5 Å². The van der Waals surface area contributed by atoms with Gasteiger partial charge < -0.3 is 10.1 Å². The molecule has 0 saturated carbocycles. The molecule has 0 bridgehead atoms. The predicted molar refractivity (Wildman–Crippen MR) is 136 cm³/mol. The summed E-state index contributed by atoms with van der Waals surface area (Å²) in [5, 5.41) is 7.39. The summed E-state index contributed by atoms with van der Waals surface area (Å²) in [4.78, 5) is 27.1. The first-order valence-corrected chi connectivity index (χ1v) is 11.6. The van der Waals surface area contributed by atoms with Crippen LogP contribution in [-0.2, 0) is 11.2 Å². The van der Waals surface area contributed by atoms with Crippen LogP contribution >= 0.6 is 15.9 Å². The second kappa shape index (κ2) is 10.5. The van der Waals surface area contributed by atoms with E-state index in [-0.39, 0.29) is 11.5 Å². The quantitative estimate of drug-likeness (QED) is 0.368. The predicted octanol–water partition coefficient (Wildman–Crippen LogP) is 5.14. The van der Waals surface area contributed by atoms with Crippen LogP contribution in [-0.4, -0.2) is 22.8 Å². The van der Waals surface area contributed by atoms with Crippen LogP contribution in [0.25, 0.3) is 0 Å². The lowest BCUT2D eigenvalue weighted by Gasteiger charge is -2.20. The molecule has 0 aliphatic carbocycles. The van der Waals surface area contributed by atoms with Gasteiger partial charge in [-0.1, -0.05) is 58.4 Å². The van der Waals surface area contributed by atoms with E-state index in [2.05, 4.69) is 26.3 Å². The highest BCUT2D eigenvalue weighted by Crippen LogP contribution is 2.21. The van der Waals surface area contributed by atoms with Crippen LogP contribution in [0.15, 0.2) is 94.2 Å². The normalized spacial score (nSPS) is 11.6. The lowest BCUT2D eigenvalue weighted by Crippen LogP contribution is -2.37. The number of halogens is 1. The molecule has 4 aromatic rings. The summed E-state index contributed by atoms with van der Waals surface area (Å²) >= 11 is 3.40. The number of methoxy groups -OCH3 is 1. The van der Waals surface area contributed by atoms with Crippen molar-refractivity contribution < 1.29 is 9.53 Å². The highest BCUT2D eigenvalue weighted by Gasteiger charge is 2.26. The molecular weight excluding hydrogens is 494 g/mol. The van der Waals surface area contributed by atoms with Gasteiger partial charge in [-0.15, -0.1) is 0 Å². The van der Waals surface area contributed by atoms with Crippen molar-refractivity contribution in [3.63, 3.8) is 0 Å². The molecular formula is C27H24BrN3O3. The van der Waals surface area contributed by atoms with Gasteiger partial charge in [-0.05, 0) is 60.5 Å². The molecule has 4 rings (SSSR count). The lowest BCUT2D eigenvalue weighted by atomic mass is 10.0. The van der Waals surface area contributed by atoms with E-state index >= 15 is 0 Å². The largest absolute Gasteiger partial charge is 0.497 e. The Bertz CT molecular complexity index is 1350. The first-order valence-electron chi connectivity index (χ1n) is 10.8. The monoisotopic (exact) mass is 517 g/mol. The van der Waals surface area contributed by atoms with Gasteiger partial charge in [0.05, 0.1) is 12.8 Å². The summed E-state index contributed by atoms with van der Waals surface area (Å²) in [6.07, 6.45) is 0.398. The van der Waals surface area contributed by atoms with Crippen molar-refractivity contribution in [2.24, 2.45) is 0 Å². The van der Waals surface area contributed by atoms with Crippen molar-refractivity contribution in [2.45, 2.75) is 19.4 Å². The number of hydrogen-bond acceptors (Lipinski definition) is 4. The number of carbonyl (C=O) groups is 1. The molecule has 1 amide bonds. The summed E-state index contributed by atoms with van der Waals surface area (Å²) in [7, 11) is 1.61. The van der Waals surface area contributed by atoms with Gasteiger partial charge >= 0.3 is 0 Å². The third-order valence-electron chi connectivity index (χ3n) is 5.38. The highest BCUT2D eigenvalue weighted by atomic mass is 79.9. The second-order valence-corrected chi connectivity index (χ2v) is 8.81. The number of nitrogens with one attached hydrogen (secondary N) is 1. The Morgan fingerprint density at radius 1 is 1.03 bits per heavy atom. The molecule has 3 aromatic carbocycles. The van der Waals surface area contributed by atoms with Crippen LogP contribution < -0.4 is 15.6 Å². The number of rotatable bonds is 7. The summed E-state index contributed by atoms with van der Waals surface area (Å²) in [5.41, 5.74) is 3.13. The molecule has 0 radical (unpaired) electrons. The van der Waals surface area contributed by atoms with Crippen molar-refractivity contribution in [2.75, 3.05) is 12.4 Å². The Labute approximate surface area is 206 Å². The summed E-state index contributed by atoms with van der Waals surface area (Å²) in [6.45, 7) is 1.82. The smallest absolute Gasteiger partial charge is 0.271 e. The van der Waals surface area contributed by atoms with Crippen LogP contribution in [0.3, 0.4) is 0 Å². The number of amides is 1. The van der Waals surface area contributed by atoms with E-state index in [1.165, 1.54) is 4.68 Å². The molecule has 0 fully saturated rings. The van der Waals surface area contributed by atoms with E-state index in [1.54, 1.807) is 25.3 Å². The maximum absolute atomic E-state index is 13.6. The Morgan fingerprint density at radius 3 is 2.47 bits per heavy atom. The zero-order valence-electron chi connectivity index (χ0n) is 18.9. The fourth-order valence-electron chi connectivity index (χ4n) is 3.79. The molecule has 1 aromatic heterocycles. The maximum atomic E-state index is 13.6. The van der Waals surface area contributed by atoms with E-state index in [0.717, 1.165) is 15.8 Å². The minimum Gasteiger partial charge on any atom is -0.497 e. The van der Waals surface area contributed by atoms with Gasteiger partial charge in [0.25, 0.3) is 11.5 Å². The van der Waals surface area contributed by atoms with Crippen molar-refractivity contribution in [3.8, 4) is 5.75 Å². The molecule has 0 aliphatic heterocycles. The summed E-state index contributed by atoms with van der Waals surface area (Å²) in [6, 6.07) is 24.9. The topological polar surface area (TPSA) is 73.2 Å². The molecule has 0 saturated heterocycles. The third kappa shape index (κ3) is 5.43. The molecule has 0 spiro atoms.